The Morgan fingerprint density at radius 1 is 1.18 bits per heavy atom. The highest BCUT2D eigenvalue weighted by molar-refractivity contribution is 6.05. The molecule has 0 saturated heterocycles. The molecule has 0 atom stereocenters. The number of halogens is 3. The highest BCUT2D eigenvalue weighted by Crippen LogP contribution is 2.23. The lowest BCUT2D eigenvalue weighted by Crippen LogP contribution is -2.14. The lowest BCUT2D eigenvalue weighted by molar-refractivity contribution is -0.0498. The van der Waals surface area contributed by atoms with Crippen LogP contribution in [0.3, 0.4) is 0 Å². The summed E-state index contributed by atoms with van der Waals surface area (Å²) in [6.45, 7) is 0.897. The maximum absolute atomic E-state index is 13.4. The number of rotatable bonds is 6. The summed E-state index contributed by atoms with van der Waals surface area (Å²) in [6.07, 6.45) is 0. The summed E-state index contributed by atoms with van der Waals surface area (Å²) < 4.78 is 44.1. The van der Waals surface area contributed by atoms with Gasteiger partial charge in [-0.25, -0.2) is 4.39 Å². The lowest BCUT2D eigenvalue weighted by atomic mass is 10.2. The Kier molecular flexibility index (Phi) is 5.67. The molecule has 0 aliphatic rings. The molecule has 0 saturated carbocycles. The molecular formula is C20H18F3N3O2. The van der Waals surface area contributed by atoms with E-state index in [0.29, 0.717) is 23.6 Å². The summed E-state index contributed by atoms with van der Waals surface area (Å²) >= 11 is 0. The average molecular weight is 389 g/mol. The van der Waals surface area contributed by atoms with E-state index in [4.69, 9.17) is 0 Å². The molecule has 3 rings (SSSR count). The number of hydrogen-bond donors (Lipinski definition) is 1. The number of amides is 1. The van der Waals surface area contributed by atoms with Gasteiger partial charge in [0.25, 0.3) is 5.91 Å². The minimum absolute atomic E-state index is 0.0992. The number of aromatic nitrogens is 2. The number of benzene rings is 2. The molecule has 0 radical (unpaired) electrons. The predicted octanol–water partition coefficient (Wildman–Crippen LogP) is 4.54. The SMILES string of the molecule is Cc1nn(Cc2cccc(F)c2)c(C)c1NC(=O)c1cccc(OC(F)F)c1. The largest absolute Gasteiger partial charge is 0.435 e. The van der Waals surface area contributed by atoms with Gasteiger partial charge in [0.1, 0.15) is 11.6 Å². The zero-order valence-electron chi connectivity index (χ0n) is 15.2. The van der Waals surface area contributed by atoms with Gasteiger partial charge in [-0.05, 0) is 49.7 Å². The van der Waals surface area contributed by atoms with Gasteiger partial charge in [-0.3, -0.25) is 9.48 Å². The second-order valence-corrected chi connectivity index (χ2v) is 6.19. The van der Waals surface area contributed by atoms with Gasteiger partial charge in [0.05, 0.1) is 23.6 Å². The van der Waals surface area contributed by atoms with Gasteiger partial charge in [0.15, 0.2) is 0 Å². The molecule has 1 heterocycles. The van der Waals surface area contributed by atoms with E-state index in [-0.39, 0.29) is 17.1 Å². The van der Waals surface area contributed by atoms with Crippen molar-refractivity contribution in [3.05, 3.63) is 76.9 Å². The van der Waals surface area contributed by atoms with Crippen molar-refractivity contribution in [1.82, 2.24) is 9.78 Å². The monoisotopic (exact) mass is 389 g/mol. The molecule has 8 heteroatoms. The van der Waals surface area contributed by atoms with E-state index in [1.165, 1.54) is 36.4 Å². The highest BCUT2D eigenvalue weighted by atomic mass is 19.3. The molecule has 0 spiro atoms. The van der Waals surface area contributed by atoms with Crippen LogP contribution in [0.4, 0.5) is 18.9 Å². The zero-order chi connectivity index (χ0) is 20.3. The summed E-state index contributed by atoms with van der Waals surface area (Å²) in [7, 11) is 0. The quantitative estimate of drug-likeness (QED) is 0.673. The molecule has 2 aromatic carbocycles. The van der Waals surface area contributed by atoms with Crippen molar-refractivity contribution >= 4 is 11.6 Å². The van der Waals surface area contributed by atoms with Crippen molar-refractivity contribution in [2.24, 2.45) is 0 Å². The van der Waals surface area contributed by atoms with Crippen LogP contribution in [0.2, 0.25) is 0 Å². The second kappa shape index (κ2) is 8.16. The van der Waals surface area contributed by atoms with Gasteiger partial charge in [-0.1, -0.05) is 18.2 Å². The van der Waals surface area contributed by atoms with Crippen LogP contribution in [0.25, 0.3) is 0 Å². The standard InChI is InChI=1S/C20H18F3N3O2/c1-12-18(13(2)26(25-12)11-14-5-3-7-16(21)9-14)24-19(27)15-6-4-8-17(10-15)28-20(22)23/h3-10,20H,11H2,1-2H3,(H,24,27). The predicted molar refractivity (Wildman–Crippen MR) is 98.2 cm³/mol. The average Bonchev–Trinajstić information content (AvgIpc) is 2.89. The van der Waals surface area contributed by atoms with Gasteiger partial charge >= 0.3 is 6.61 Å². The van der Waals surface area contributed by atoms with Gasteiger partial charge in [-0.15, -0.1) is 0 Å². The molecule has 146 valence electrons. The van der Waals surface area contributed by atoms with E-state index < -0.39 is 12.5 Å². The van der Waals surface area contributed by atoms with E-state index >= 15 is 0 Å². The molecule has 28 heavy (non-hydrogen) atoms. The Balaban J connectivity index is 1.79. The number of carbonyl (C=O) groups excluding carboxylic acids is 1. The minimum atomic E-state index is -2.97. The molecule has 0 aliphatic heterocycles. The molecular weight excluding hydrogens is 371 g/mol. The van der Waals surface area contributed by atoms with Gasteiger partial charge in [0, 0.05) is 5.56 Å². The zero-order valence-corrected chi connectivity index (χ0v) is 15.2. The molecule has 1 amide bonds. The number of carbonyl (C=O) groups is 1. The third-order valence-electron chi connectivity index (χ3n) is 4.16. The van der Waals surface area contributed by atoms with E-state index in [1.54, 1.807) is 30.7 Å². The number of nitrogens with one attached hydrogen (secondary N) is 1. The molecule has 1 N–H and O–H groups in total. The van der Waals surface area contributed by atoms with E-state index in [1.807, 2.05) is 0 Å². The second-order valence-electron chi connectivity index (χ2n) is 6.19. The number of aryl methyl sites for hydroxylation is 1. The van der Waals surface area contributed by atoms with E-state index in [9.17, 15) is 18.0 Å². The van der Waals surface area contributed by atoms with Crippen LogP contribution in [0.15, 0.2) is 48.5 Å². The summed E-state index contributed by atoms with van der Waals surface area (Å²) in [4.78, 5) is 12.5. The van der Waals surface area contributed by atoms with Crippen molar-refractivity contribution < 1.29 is 22.7 Å². The Morgan fingerprint density at radius 3 is 2.64 bits per heavy atom. The summed E-state index contributed by atoms with van der Waals surface area (Å²) in [5.74, 6) is -0.910. The fraction of sp³-hybridized carbons (Fsp3) is 0.200. The van der Waals surface area contributed by atoms with Crippen LogP contribution in [-0.2, 0) is 6.54 Å². The first-order valence-electron chi connectivity index (χ1n) is 8.48. The topological polar surface area (TPSA) is 56.2 Å². The molecule has 0 unspecified atom stereocenters. The summed E-state index contributed by atoms with van der Waals surface area (Å²) in [5, 5.41) is 7.15. The van der Waals surface area contributed by atoms with Crippen LogP contribution in [0.5, 0.6) is 5.75 Å². The van der Waals surface area contributed by atoms with Crippen molar-refractivity contribution in [2.45, 2.75) is 27.0 Å². The third kappa shape index (κ3) is 4.51. The van der Waals surface area contributed by atoms with Gasteiger partial charge in [-0.2, -0.15) is 13.9 Å². The fourth-order valence-corrected chi connectivity index (χ4v) is 2.84. The first-order valence-corrected chi connectivity index (χ1v) is 8.48. The number of hydrogen-bond acceptors (Lipinski definition) is 3. The molecule has 1 aromatic heterocycles. The molecule has 0 fully saturated rings. The van der Waals surface area contributed by atoms with Crippen molar-refractivity contribution in [1.29, 1.82) is 0 Å². The number of nitrogens with zero attached hydrogens (tertiary/aromatic N) is 2. The normalized spacial score (nSPS) is 10.9. The maximum atomic E-state index is 13.4. The minimum Gasteiger partial charge on any atom is -0.435 e. The highest BCUT2D eigenvalue weighted by Gasteiger charge is 2.16. The Labute approximate surface area is 159 Å². The van der Waals surface area contributed by atoms with Crippen molar-refractivity contribution in [3.63, 3.8) is 0 Å². The lowest BCUT2D eigenvalue weighted by Gasteiger charge is -2.09. The first-order chi connectivity index (χ1) is 13.3. The van der Waals surface area contributed by atoms with Crippen LogP contribution < -0.4 is 10.1 Å². The van der Waals surface area contributed by atoms with Crippen molar-refractivity contribution in [2.75, 3.05) is 5.32 Å². The number of ether oxygens (including phenoxy) is 1. The van der Waals surface area contributed by atoms with Crippen LogP contribution in [-0.4, -0.2) is 22.3 Å². The molecule has 0 aliphatic carbocycles. The van der Waals surface area contributed by atoms with Crippen LogP contribution in [0.1, 0.15) is 27.3 Å². The Morgan fingerprint density at radius 2 is 1.93 bits per heavy atom. The van der Waals surface area contributed by atoms with E-state index in [0.717, 1.165) is 5.56 Å². The van der Waals surface area contributed by atoms with Gasteiger partial charge in [0.2, 0.25) is 0 Å². The smallest absolute Gasteiger partial charge is 0.387 e. The van der Waals surface area contributed by atoms with Gasteiger partial charge < -0.3 is 10.1 Å². The summed E-state index contributed by atoms with van der Waals surface area (Å²) in [5.41, 5.74) is 2.70. The van der Waals surface area contributed by atoms with Crippen LogP contribution in [0, 0.1) is 19.7 Å². The number of alkyl halides is 2. The summed E-state index contributed by atoms with van der Waals surface area (Å²) in [6, 6.07) is 11.7. The molecule has 0 bridgehead atoms. The molecule has 3 aromatic rings. The molecule has 5 nitrogen and oxygen atoms in total. The Hall–Kier alpha value is -3.29. The first kappa shape index (κ1) is 19.5. The number of anilines is 1. The van der Waals surface area contributed by atoms with E-state index in [2.05, 4.69) is 15.2 Å². The van der Waals surface area contributed by atoms with Crippen LogP contribution >= 0.6 is 0 Å². The Bertz CT molecular complexity index is 1000. The fourth-order valence-electron chi connectivity index (χ4n) is 2.84. The maximum Gasteiger partial charge on any atom is 0.387 e. The van der Waals surface area contributed by atoms with Crippen molar-refractivity contribution in [3.8, 4) is 5.75 Å². The third-order valence-corrected chi connectivity index (χ3v) is 4.16.